The molecule has 14 atom stereocenters. The van der Waals surface area contributed by atoms with E-state index in [0.717, 1.165) is 97.9 Å². The van der Waals surface area contributed by atoms with Gasteiger partial charge in [-0.25, -0.2) is 4.79 Å². The molecule has 592 valence electrons. The smallest absolute Gasteiger partial charge is 0.329 e. The van der Waals surface area contributed by atoms with Crippen LogP contribution in [0.25, 0.3) is 11.1 Å². The number of esters is 1. The van der Waals surface area contributed by atoms with E-state index in [9.17, 15) is 48.9 Å². The highest BCUT2D eigenvalue weighted by Crippen LogP contribution is 2.41. The quantitative estimate of drug-likeness (QED) is 0.0211. The van der Waals surface area contributed by atoms with Crippen molar-refractivity contribution in [1.29, 1.82) is 0 Å². The van der Waals surface area contributed by atoms with Gasteiger partial charge in [0.25, 0.3) is 23.2 Å². The number of rotatable bonds is 24. The molecule has 0 radical (unpaired) electrons. The number of methoxy groups -OCH3 is 3. The lowest BCUT2D eigenvalue weighted by Gasteiger charge is -2.47. The molecule has 1 saturated carbocycles. The zero-order valence-electron chi connectivity index (χ0n) is 65.6. The van der Waals surface area contributed by atoms with Crippen LogP contribution >= 0.6 is 11.8 Å². The van der Waals surface area contributed by atoms with Crippen LogP contribution in [0.15, 0.2) is 70.6 Å². The average molecular weight is 1510 g/mol. The Labute approximate surface area is 638 Å². The Balaban J connectivity index is 0.785. The summed E-state index contributed by atoms with van der Waals surface area (Å²) in [6, 6.07) is 13.8. The molecule has 1 aromatic heterocycles. The van der Waals surface area contributed by atoms with Gasteiger partial charge < -0.3 is 69.2 Å². The van der Waals surface area contributed by atoms with Crippen molar-refractivity contribution in [2.75, 3.05) is 103 Å². The molecule has 107 heavy (non-hydrogen) atoms. The van der Waals surface area contributed by atoms with Crippen LogP contribution in [-0.4, -0.2) is 229 Å². The largest absolute Gasteiger partial charge is 0.456 e. The Hall–Kier alpha value is -6.16. The first-order chi connectivity index (χ1) is 51.2. The average Bonchev–Trinajstić information content (AvgIpc) is 0.827. The molecule has 6 N–H and O–H groups in total. The number of piperidine rings is 1. The summed E-state index contributed by atoms with van der Waals surface area (Å²) in [5, 5.41) is 41.4. The van der Waals surface area contributed by atoms with Crippen LogP contribution in [0, 0.1) is 50.4 Å². The summed E-state index contributed by atoms with van der Waals surface area (Å²) in [5.41, 5.74) is 9.20. The number of H-pyrrole nitrogens is 1. The standard InChI is InChI=1S/C83H123N7O16S/c1-13-89(64-25-35-104-36-26-64)68-47-63(46-65(57(68)8)79(96)85-49-66-53(4)42-56(7)86-80(66)97)61-22-19-59(20-23-61)50-88-33-31-87(32-34-88)30-28-84-75(94)27-38-107-37-16-17-62-40-51(2)39-52(3)41-73(102-11)77-74(103-12)44-55(6)83(100,106-77)78(95)81(98)90-29-15-14-18-67(90)82(99)105-76(58(9)70(92)48-71(62)93)54(5)43-60-21-24-69(91)72(45-60)101-10/h19-20,22-23,40,42-43,46-47,52,55,58,60,62,64,67,69-70,72-74,76-77,91-92,100H,13-18,21,24-39,41,44-45,48-50H2,1-12H3,(H,84,94)(H,85,96)(H,86,97)/b51-40+,54-43+/t52-,55+,58+,60-,62+,67-,69+,70-,72+,73-,74-,76+,77+,83+/m0/s1. The van der Waals surface area contributed by atoms with Crippen molar-refractivity contribution in [2.24, 2.45) is 29.6 Å². The van der Waals surface area contributed by atoms with E-state index in [4.69, 9.17) is 28.4 Å². The van der Waals surface area contributed by atoms with Gasteiger partial charge in [0.1, 0.15) is 24.0 Å². The summed E-state index contributed by atoms with van der Waals surface area (Å²) in [6.45, 7) is 25.1. The fourth-order valence-electron chi connectivity index (χ4n) is 17.0. The van der Waals surface area contributed by atoms with E-state index in [1.54, 1.807) is 32.7 Å². The molecule has 3 amide bonds. The summed E-state index contributed by atoms with van der Waals surface area (Å²) in [4.78, 5) is 110. The summed E-state index contributed by atoms with van der Waals surface area (Å²) < 4.78 is 36.1. The lowest BCUT2D eigenvalue weighted by molar-refractivity contribution is -0.302. The number of fused-ring (bicyclic) bond motifs is 3. The number of aryl methyl sites for hydroxylation is 2. The Bertz CT molecular complexity index is 3610. The first-order valence-corrected chi connectivity index (χ1v) is 40.5. The number of aromatic amines is 1. The summed E-state index contributed by atoms with van der Waals surface area (Å²) in [6.07, 6.45) is 5.61. The second kappa shape index (κ2) is 40.2. The number of nitrogens with one attached hydrogen (secondary N) is 3. The van der Waals surface area contributed by atoms with Crippen LogP contribution in [0.3, 0.4) is 0 Å². The van der Waals surface area contributed by atoms with E-state index in [1.807, 2.05) is 58.9 Å². The van der Waals surface area contributed by atoms with Crippen LogP contribution in [0.1, 0.15) is 176 Å². The van der Waals surface area contributed by atoms with Crippen LogP contribution in [-0.2, 0) is 65.5 Å². The first-order valence-electron chi connectivity index (χ1n) is 39.4. The number of cyclic esters (lactones) is 1. The molecule has 1 aliphatic carbocycles. The number of Topliss-reactive ketones (excluding diaryl/α,β-unsaturated/α-hetero) is 2. The van der Waals surface area contributed by atoms with E-state index in [2.05, 4.69) is 74.5 Å². The maximum Gasteiger partial charge on any atom is 0.329 e. The van der Waals surface area contributed by atoms with Crippen LogP contribution in [0.4, 0.5) is 5.69 Å². The maximum atomic E-state index is 14.8. The Kier molecular flexibility index (Phi) is 31.8. The maximum absolute atomic E-state index is 14.8. The van der Waals surface area contributed by atoms with E-state index in [-0.39, 0.29) is 73.4 Å². The second-order valence-corrected chi connectivity index (χ2v) is 32.6. The van der Waals surface area contributed by atoms with E-state index >= 15 is 0 Å². The van der Waals surface area contributed by atoms with Crippen LogP contribution in [0.5, 0.6) is 0 Å². The molecule has 3 aromatic rings. The number of pyridine rings is 1. The van der Waals surface area contributed by atoms with Gasteiger partial charge >= 0.3 is 5.97 Å². The van der Waals surface area contributed by atoms with Crippen molar-refractivity contribution < 1.29 is 72.5 Å². The summed E-state index contributed by atoms with van der Waals surface area (Å²) in [7, 11) is 4.63. The fraction of sp³-hybridized carbons (Fsp3) is 0.675. The van der Waals surface area contributed by atoms with Gasteiger partial charge in [0.15, 0.2) is 0 Å². The van der Waals surface area contributed by atoms with Crippen molar-refractivity contribution in [2.45, 2.75) is 232 Å². The summed E-state index contributed by atoms with van der Waals surface area (Å²) >= 11 is 1.66. The predicted molar refractivity (Wildman–Crippen MR) is 415 cm³/mol. The van der Waals surface area contributed by atoms with E-state index in [0.29, 0.717) is 112 Å². The van der Waals surface area contributed by atoms with Crippen LogP contribution in [0.2, 0.25) is 0 Å². The van der Waals surface area contributed by atoms with E-state index in [1.165, 1.54) is 24.7 Å². The number of aliphatic hydroxyl groups is 3. The first kappa shape index (κ1) is 84.9. The number of ether oxygens (including phenoxy) is 6. The number of allylic oxidation sites excluding steroid dienone is 3. The van der Waals surface area contributed by atoms with Gasteiger partial charge in [0.2, 0.25) is 11.7 Å². The fourth-order valence-corrected chi connectivity index (χ4v) is 17.9. The molecule has 5 fully saturated rings. The monoisotopic (exact) mass is 1510 g/mol. The molecule has 6 aliphatic rings. The molecule has 9 rings (SSSR count). The number of hydrogen-bond acceptors (Lipinski definition) is 20. The molecule has 0 spiro atoms. The third kappa shape index (κ3) is 22.3. The number of anilines is 1. The number of benzene rings is 2. The lowest BCUT2D eigenvalue weighted by Crippen LogP contribution is -2.64. The van der Waals surface area contributed by atoms with Gasteiger partial charge in [0, 0.05) is 165 Å². The number of aliphatic hydroxyl groups excluding tert-OH is 2. The van der Waals surface area contributed by atoms with Gasteiger partial charge in [-0.2, -0.15) is 11.8 Å². The normalized spacial score (nSPS) is 29.5. The molecule has 0 unspecified atom stereocenters. The Morgan fingerprint density at radius 3 is 2.19 bits per heavy atom. The number of piperazine rings is 1. The molecule has 23 nitrogen and oxygen atoms in total. The molecule has 6 heterocycles. The lowest BCUT2D eigenvalue weighted by atomic mass is 9.81. The zero-order chi connectivity index (χ0) is 77.2. The number of aromatic nitrogens is 1. The van der Waals surface area contributed by atoms with Gasteiger partial charge in [-0.05, 0) is 194 Å². The van der Waals surface area contributed by atoms with Gasteiger partial charge in [-0.15, -0.1) is 0 Å². The number of carbonyl (C=O) groups excluding carboxylic acids is 6. The number of carbonyl (C=O) groups is 6. The highest BCUT2D eigenvalue weighted by molar-refractivity contribution is 7.99. The zero-order valence-corrected chi connectivity index (χ0v) is 66.4. The molecule has 2 aromatic carbocycles. The van der Waals surface area contributed by atoms with Crippen molar-refractivity contribution in [1.82, 2.24) is 30.3 Å². The molecule has 4 saturated heterocycles. The number of ketones is 2. The summed E-state index contributed by atoms with van der Waals surface area (Å²) in [5.74, 6) is -7.02. The third-order valence-electron chi connectivity index (χ3n) is 23.5. The minimum absolute atomic E-state index is 0.0111. The number of nitrogens with zero attached hydrogens (tertiary/aromatic N) is 4. The molecular weight excluding hydrogens is 1380 g/mol. The molecule has 24 heteroatoms. The topological polar surface area (TPSA) is 288 Å². The number of hydrogen-bond donors (Lipinski definition) is 6. The Morgan fingerprint density at radius 2 is 1.50 bits per heavy atom. The number of thioether (sulfide) groups is 1. The van der Waals surface area contributed by atoms with Gasteiger partial charge in [-0.3, -0.25) is 38.6 Å². The van der Waals surface area contributed by atoms with Crippen molar-refractivity contribution in [3.63, 3.8) is 0 Å². The van der Waals surface area contributed by atoms with E-state index < -0.39 is 90.0 Å². The minimum Gasteiger partial charge on any atom is -0.456 e. The third-order valence-corrected chi connectivity index (χ3v) is 24.5. The van der Waals surface area contributed by atoms with Gasteiger partial charge in [0.05, 0.1) is 30.5 Å². The minimum atomic E-state index is -2.56. The molecule has 5 aliphatic heterocycles. The van der Waals surface area contributed by atoms with Gasteiger partial charge in [-0.1, -0.05) is 62.8 Å². The second-order valence-electron chi connectivity index (χ2n) is 31.3. The van der Waals surface area contributed by atoms with Crippen LogP contribution < -0.4 is 21.1 Å². The highest BCUT2D eigenvalue weighted by atomic mass is 32.2. The number of amides is 3. The van der Waals surface area contributed by atoms with Crippen molar-refractivity contribution >= 4 is 52.7 Å². The SMILES string of the molecule is CCN(c1cc(-c2ccc(CN3CCN(CCNC(=O)CCSCCC[C@@H]4/C=C(\C)C[C@H](C)C[C@H](OC)[C@H]5O[C@@](O)(C(=O)C(=O)N6CCCC[C@H]6C(=O)O[C@H](/C(C)=C/[C@@H]6CC[C@@H](O)[C@H](OC)C6)[C@H](C)[C@@H](O)CC4=O)[C@H](C)C[C@@H]5OC)CC3)cc2)cc(C(=O)NCc2c(C)cc(C)[nH]c2=O)c1C)C1CCOCC1. The highest BCUT2D eigenvalue weighted by Gasteiger charge is 2.57. The Morgan fingerprint density at radius 1 is 0.794 bits per heavy atom. The van der Waals surface area contributed by atoms with Crippen molar-refractivity contribution in [3.05, 3.63) is 110 Å². The van der Waals surface area contributed by atoms with Crippen molar-refractivity contribution in [3.8, 4) is 11.1 Å². The predicted octanol–water partition coefficient (Wildman–Crippen LogP) is 9.12. The molecule has 2 bridgehead atoms. The molecular formula is C83H123N7O16S.